The zero-order chi connectivity index (χ0) is 23.6. The van der Waals surface area contributed by atoms with Crippen molar-refractivity contribution in [2.75, 3.05) is 23.3 Å². The highest BCUT2D eigenvalue weighted by molar-refractivity contribution is 5.87. The highest BCUT2D eigenvalue weighted by atomic mass is 19.4. The number of fused-ring (bicyclic) bond motifs is 1. The molecule has 0 amide bonds. The first-order chi connectivity index (χ1) is 15.6. The fourth-order valence-electron chi connectivity index (χ4n) is 3.71. The Morgan fingerprint density at radius 2 is 1.73 bits per heavy atom. The molecule has 12 heteroatoms. The van der Waals surface area contributed by atoms with Gasteiger partial charge in [0.15, 0.2) is 5.65 Å². The van der Waals surface area contributed by atoms with Gasteiger partial charge in [-0.2, -0.15) is 31.9 Å². The van der Waals surface area contributed by atoms with Gasteiger partial charge in [0.1, 0.15) is 11.5 Å². The molecule has 1 saturated heterocycles. The van der Waals surface area contributed by atoms with E-state index in [-0.39, 0.29) is 12.1 Å². The Labute approximate surface area is 186 Å². The van der Waals surface area contributed by atoms with E-state index in [2.05, 4.69) is 25.3 Å². The molecule has 3 aromatic rings. The van der Waals surface area contributed by atoms with E-state index < -0.39 is 24.1 Å². The van der Waals surface area contributed by atoms with Crippen LogP contribution in [0.1, 0.15) is 31.0 Å². The molecule has 0 bridgehead atoms. The second-order valence-corrected chi connectivity index (χ2v) is 7.72. The van der Waals surface area contributed by atoms with E-state index in [1.54, 1.807) is 18.3 Å². The van der Waals surface area contributed by atoms with Gasteiger partial charge in [0.2, 0.25) is 5.95 Å². The van der Waals surface area contributed by atoms with Gasteiger partial charge in [0.25, 0.3) is 0 Å². The van der Waals surface area contributed by atoms with E-state index in [1.165, 1.54) is 12.1 Å². The quantitative estimate of drug-likeness (QED) is 0.528. The molecule has 0 saturated carbocycles. The van der Waals surface area contributed by atoms with Gasteiger partial charge in [-0.3, -0.25) is 4.98 Å². The highest BCUT2D eigenvalue weighted by Gasteiger charge is 2.35. The maximum atomic E-state index is 13.3. The van der Waals surface area contributed by atoms with Crippen LogP contribution in [0.3, 0.4) is 0 Å². The number of rotatable bonds is 6. The van der Waals surface area contributed by atoms with Crippen molar-refractivity contribution in [2.24, 2.45) is 0 Å². The summed E-state index contributed by atoms with van der Waals surface area (Å²) in [6.07, 6.45) is -4.99. The summed E-state index contributed by atoms with van der Waals surface area (Å²) in [6, 6.07) is 6.17. The average Bonchev–Trinajstić information content (AvgIpc) is 2.76. The predicted octanol–water partition coefficient (Wildman–Crippen LogP) is 4.65. The molecular weight excluding hydrogens is 447 g/mol. The molecular formula is C21H21F5N6O. The first-order valence-electron chi connectivity index (χ1n) is 10.3. The minimum absolute atomic E-state index is 0.0272. The first-order valence-corrected chi connectivity index (χ1v) is 10.3. The minimum Gasteiger partial charge on any atom is -0.365 e. The van der Waals surface area contributed by atoms with Crippen molar-refractivity contribution < 1.29 is 26.7 Å². The zero-order valence-electron chi connectivity index (χ0n) is 17.6. The summed E-state index contributed by atoms with van der Waals surface area (Å²) >= 11 is 0. The number of nitrogens with zero attached hydrogens (tertiary/aromatic N) is 5. The van der Waals surface area contributed by atoms with Crippen LogP contribution in [0.15, 0.2) is 36.7 Å². The molecule has 0 atom stereocenters. The summed E-state index contributed by atoms with van der Waals surface area (Å²) in [6.45, 7) is 1.32. The maximum Gasteiger partial charge on any atom is 0.433 e. The number of alkyl halides is 5. The van der Waals surface area contributed by atoms with Crippen LogP contribution in [0, 0.1) is 0 Å². The topological polar surface area (TPSA) is 76.1 Å². The van der Waals surface area contributed by atoms with E-state index in [0.29, 0.717) is 55.7 Å². The fraction of sp³-hybridized carbons (Fsp3) is 0.429. The van der Waals surface area contributed by atoms with Gasteiger partial charge in [-0.1, -0.05) is 6.07 Å². The van der Waals surface area contributed by atoms with Gasteiger partial charge in [-0.15, -0.1) is 0 Å². The number of aromatic nitrogens is 4. The predicted molar refractivity (Wildman–Crippen MR) is 111 cm³/mol. The van der Waals surface area contributed by atoms with E-state index in [4.69, 9.17) is 4.74 Å². The van der Waals surface area contributed by atoms with Gasteiger partial charge in [-0.05, 0) is 31.0 Å². The molecule has 4 rings (SSSR count). The molecule has 33 heavy (non-hydrogen) atoms. The van der Waals surface area contributed by atoms with Crippen LogP contribution in [0.5, 0.6) is 0 Å². The summed E-state index contributed by atoms with van der Waals surface area (Å²) in [4.78, 5) is 18.5. The molecule has 1 aliphatic heterocycles. The van der Waals surface area contributed by atoms with E-state index in [9.17, 15) is 22.0 Å². The standard InChI is InChI=1S/C21H21F5N6O/c1-20(22,23)33-14-6-10-32(11-7-14)19-30-17-15(5-3-9-28-17)18(31-19)29-12-13-4-2-8-27-16(13)21(24,25)26/h2-5,8-9,14H,6-7,10-12H2,1H3,(H,28,29,30,31). The largest absolute Gasteiger partial charge is 0.433 e. The van der Waals surface area contributed by atoms with Crippen molar-refractivity contribution in [3.05, 3.63) is 47.9 Å². The van der Waals surface area contributed by atoms with Gasteiger partial charge < -0.3 is 15.0 Å². The van der Waals surface area contributed by atoms with Crippen molar-refractivity contribution in [3.63, 3.8) is 0 Å². The van der Waals surface area contributed by atoms with Crippen LogP contribution in [0.4, 0.5) is 33.7 Å². The molecule has 1 fully saturated rings. The molecule has 7 nitrogen and oxygen atoms in total. The van der Waals surface area contributed by atoms with Crippen molar-refractivity contribution in [2.45, 2.75) is 44.7 Å². The normalized spacial score (nSPS) is 15.8. The van der Waals surface area contributed by atoms with Crippen LogP contribution in [0.2, 0.25) is 0 Å². The van der Waals surface area contributed by atoms with Crippen LogP contribution < -0.4 is 10.2 Å². The lowest BCUT2D eigenvalue weighted by atomic mass is 10.1. The van der Waals surface area contributed by atoms with Crippen LogP contribution in [0.25, 0.3) is 11.0 Å². The third-order valence-corrected chi connectivity index (χ3v) is 5.16. The smallest absolute Gasteiger partial charge is 0.365 e. The Morgan fingerprint density at radius 3 is 2.42 bits per heavy atom. The average molecular weight is 468 g/mol. The van der Waals surface area contributed by atoms with E-state index in [0.717, 1.165) is 6.20 Å². The summed E-state index contributed by atoms with van der Waals surface area (Å²) < 4.78 is 70.9. The van der Waals surface area contributed by atoms with Crippen molar-refractivity contribution in [1.29, 1.82) is 0 Å². The lowest BCUT2D eigenvalue weighted by molar-refractivity contribution is -0.252. The Hall–Kier alpha value is -3.15. The summed E-state index contributed by atoms with van der Waals surface area (Å²) in [5.74, 6) is 0.631. The van der Waals surface area contributed by atoms with Crippen molar-refractivity contribution in [3.8, 4) is 0 Å². The number of pyridine rings is 2. The third-order valence-electron chi connectivity index (χ3n) is 5.16. The second-order valence-electron chi connectivity index (χ2n) is 7.72. The van der Waals surface area contributed by atoms with Crippen molar-refractivity contribution >= 4 is 22.8 Å². The molecule has 0 aromatic carbocycles. The summed E-state index contributed by atoms with van der Waals surface area (Å²) in [5.41, 5.74) is -0.629. The second kappa shape index (κ2) is 9.00. The van der Waals surface area contributed by atoms with Gasteiger partial charge in [0.05, 0.1) is 11.5 Å². The Bertz CT molecular complexity index is 1110. The molecule has 176 valence electrons. The number of halogens is 5. The lowest BCUT2D eigenvalue weighted by Crippen LogP contribution is -2.40. The van der Waals surface area contributed by atoms with E-state index in [1.807, 2.05) is 4.90 Å². The van der Waals surface area contributed by atoms with Crippen LogP contribution >= 0.6 is 0 Å². The molecule has 3 aromatic heterocycles. The summed E-state index contributed by atoms with van der Waals surface area (Å²) in [7, 11) is 0. The number of piperidine rings is 1. The number of ether oxygens (including phenoxy) is 1. The van der Waals surface area contributed by atoms with Gasteiger partial charge in [-0.25, -0.2) is 4.98 Å². The Morgan fingerprint density at radius 1 is 1.03 bits per heavy atom. The SMILES string of the molecule is CC(F)(F)OC1CCN(c2nc(NCc3cccnc3C(F)(F)F)c3cccnc3n2)CC1. The molecule has 0 radical (unpaired) electrons. The maximum absolute atomic E-state index is 13.3. The van der Waals surface area contributed by atoms with Crippen LogP contribution in [-0.4, -0.2) is 45.2 Å². The monoisotopic (exact) mass is 468 g/mol. The summed E-state index contributed by atoms with van der Waals surface area (Å²) in [5, 5.41) is 3.50. The number of hydrogen-bond donors (Lipinski definition) is 1. The number of hydrogen-bond acceptors (Lipinski definition) is 7. The Kier molecular flexibility index (Phi) is 6.28. The number of anilines is 2. The molecule has 0 aliphatic carbocycles. The van der Waals surface area contributed by atoms with Gasteiger partial charge >= 0.3 is 12.3 Å². The van der Waals surface area contributed by atoms with Gasteiger partial charge in [0, 0.05) is 44.5 Å². The minimum atomic E-state index is -4.58. The molecule has 4 heterocycles. The highest BCUT2D eigenvalue weighted by Crippen LogP contribution is 2.31. The molecule has 0 unspecified atom stereocenters. The molecule has 1 N–H and O–H groups in total. The van der Waals surface area contributed by atoms with Crippen molar-refractivity contribution in [1.82, 2.24) is 19.9 Å². The first kappa shape index (κ1) is 23.0. The third kappa shape index (κ3) is 5.62. The lowest BCUT2D eigenvalue weighted by Gasteiger charge is -2.33. The number of nitrogens with one attached hydrogen (secondary N) is 1. The Balaban J connectivity index is 1.56. The molecule has 1 aliphatic rings. The molecule has 0 spiro atoms. The van der Waals surface area contributed by atoms with Crippen LogP contribution in [-0.2, 0) is 17.5 Å². The fourth-order valence-corrected chi connectivity index (χ4v) is 3.71. The zero-order valence-corrected chi connectivity index (χ0v) is 17.6. The van der Waals surface area contributed by atoms with E-state index >= 15 is 0 Å².